The smallest absolute Gasteiger partial charge is 0.267 e. The van der Waals surface area contributed by atoms with Crippen molar-refractivity contribution in [2.75, 3.05) is 5.01 Å². The molecule has 0 spiro atoms. The summed E-state index contributed by atoms with van der Waals surface area (Å²) in [5.74, 6) is 2.89. The van der Waals surface area contributed by atoms with Gasteiger partial charge in [-0.25, -0.2) is 15.2 Å². The zero-order valence-corrected chi connectivity index (χ0v) is 11.7. The molecule has 0 unspecified atom stereocenters. The van der Waals surface area contributed by atoms with E-state index in [1.807, 2.05) is 0 Å². The summed E-state index contributed by atoms with van der Waals surface area (Å²) in [6.07, 6.45) is -4.68. The normalized spacial score (nSPS) is 11.2. The summed E-state index contributed by atoms with van der Waals surface area (Å²) in [4.78, 5) is 22.1. The van der Waals surface area contributed by atoms with Crippen LogP contribution < -0.4 is 10.9 Å². The SMILES string of the molecule is NN(C(=O)c1c(F)cccc1[N+](=O)[O-])c1cccc(C(F)(F)F)c1. The molecule has 6 nitrogen and oxygen atoms in total. The van der Waals surface area contributed by atoms with E-state index in [9.17, 15) is 32.5 Å². The van der Waals surface area contributed by atoms with Gasteiger partial charge in [-0.1, -0.05) is 12.1 Å². The van der Waals surface area contributed by atoms with Crippen LogP contribution in [0.25, 0.3) is 0 Å². The Hall–Kier alpha value is -3.01. The molecule has 1 amide bonds. The minimum Gasteiger partial charge on any atom is -0.267 e. The Labute approximate surface area is 132 Å². The van der Waals surface area contributed by atoms with E-state index in [1.54, 1.807) is 0 Å². The van der Waals surface area contributed by atoms with Crippen LogP contribution in [0.1, 0.15) is 15.9 Å². The van der Waals surface area contributed by atoms with Crippen LogP contribution in [0.3, 0.4) is 0 Å². The predicted molar refractivity (Wildman–Crippen MR) is 75.5 cm³/mol. The van der Waals surface area contributed by atoms with Gasteiger partial charge in [-0.2, -0.15) is 13.2 Å². The van der Waals surface area contributed by atoms with Crippen LogP contribution in [-0.4, -0.2) is 10.8 Å². The monoisotopic (exact) mass is 343 g/mol. The fourth-order valence-corrected chi connectivity index (χ4v) is 1.95. The Balaban J connectivity index is 2.47. The molecule has 2 aromatic carbocycles. The first kappa shape index (κ1) is 17.3. The van der Waals surface area contributed by atoms with Gasteiger partial charge in [0.05, 0.1) is 16.2 Å². The van der Waals surface area contributed by atoms with Crippen molar-refractivity contribution in [3.63, 3.8) is 0 Å². The highest BCUT2D eigenvalue weighted by Gasteiger charge is 2.32. The molecule has 0 bridgehead atoms. The van der Waals surface area contributed by atoms with E-state index in [-0.39, 0.29) is 5.01 Å². The average Bonchev–Trinajstić information content (AvgIpc) is 2.52. The lowest BCUT2D eigenvalue weighted by atomic mass is 10.1. The van der Waals surface area contributed by atoms with Gasteiger partial charge in [0.15, 0.2) is 5.56 Å². The largest absolute Gasteiger partial charge is 0.416 e. The van der Waals surface area contributed by atoms with Crippen molar-refractivity contribution in [2.24, 2.45) is 5.84 Å². The molecule has 0 aliphatic heterocycles. The molecule has 2 N–H and O–H groups in total. The van der Waals surface area contributed by atoms with Crippen LogP contribution in [0.2, 0.25) is 0 Å². The number of anilines is 1. The summed E-state index contributed by atoms with van der Waals surface area (Å²) in [6, 6.07) is 6.13. The van der Waals surface area contributed by atoms with E-state index in [4.69, 9.17) is 5.84 Å². The first-order valence-corrected chi connectivity index (χ1v) is 6.32. The van der Waals surface area contributed by atoms with Crippen molar-refractivity contribution in [3.8, 4) is 0 Å². The Kier molecular flexibility index (Phi) is 4.51. The molecular formula is C14H9F4N3O3. The van der Waals surface area contributed by atoms with Gasteiger partial charge >= 0.3 is 6.18 Å². The summed E-state index contributed by atoms with van der Waals surface area (Å²) < 4.78 is 51.9. The molecule has 2 aromatic rings. The Morgan fingerprint density at radius 1 is 1.17 bits per heavy atom. The molecule has 126 valence electrons. The molecule has 24 heavy (non-hydrogen) atoms. The Morgan fingerprint density at radius 2 is 1.79 bits per heavy atom. The van der Waals surface area contributed by atoms with E-state index in [2.05, 4.69) is 0 Å². The van der Waals surface area contributed by atoms with Crippen LogP contribution in [0.15, 0.2) is 42.5 Å². The molecular weight excluding hydrogens is 334 g/mol. The van der Waals surface area contributed by atoms with E-state index in [0.29, 0.717) is 6.07 Å². The third-order valence-corrected chi connectivity index (χ3v) is 3.07. The number of amides is 1. The number of rotatable bonds is 3. The number of carbonyl (C=O) groups is 1. The minimum atomic E-state index is -4.68. The zero-order chi connectivity index (χ0) is 18.1. The molecule has 0 fully saturated rings. The van der Waals surface area contributed by atoms with Gasteiger partial charge in [-0.15, -0.1) is 0 Å². The maximum absolute atomic E-state index is 13.8. The molecule has 0 heterocycles. The molecule has 0 aliphatic rings. The second-order valence-electron chi connectivity index (χ2n) is 4.61. The topological polar surface area (TPSA) is 89.5 Å². The minimum absolute atomic E-state index is 0.223. The molecule has 10 heteroatoms. The lowest BCUT2D eigenvalue weighted by molar-refractivity contribution is -0.385. The van der Waals surface area contributed by atoms with Crippen molar-refractivity contribution in [1.82, 2.24) is 0 Å². The van der Waals surface area contributed by atoms with Gasteiger partial charge in [-0.05, 0) is 24.3 Å². The number of hydrogen-bond acceptors (Lipinski definition) is 4. The first-order chi connectivity index (χ1) is 11.1. The third-order valence-electron chi connectivity index (χ3n) is 3.07. The van der Waals surface area contributed by atoms with Crippen LogP contribution in [0, 0.1) is 15.9 Å². The Bertz CT molecular complexity index is 808. The number of nitro benzene ring substituents is 1. The number of nitro groups is 1. The fraction of sp³-hybridized carbons (Fsp3) is 0.0714. The van der Waals surface area contributed by atoms with E-state index in [1.165, 1.54) is 0 Å². The molecule has 0 aromatic heterocycles. The number of alkyl halides is 3. The second-order valence-corrected chi connectivity index (χ2v) is 4.61. The predicted octanol–water partition coefficient (Wildman–Crippen LogP) is 3.27. The number of benzene rings is 2. The van der Waals surface area contributed by atoms with E-state index in [0.717, 1.165) is 36.4 Å². The highest BCUT2D eigenvalue weighted by molar-refractivity contribution is 6.08. The first-order valence-electron chi connectivity index (χ1n) is 6.32. The van der Waals surface area contributed by atoms with Gasteiger partial charge in [0.1, 0.15) is 5.82 Å². The maximum Gasteiger partial charge on any atom is 0.416 e. The van der Waals surface area contributed by atoms with Crippen molar-refractivity contribution in [3.05, 3.63) is 69.5 Å². The number of nitrogens with zero attached hydrogens (tertiary/aromatic N) is 2. The summed E-state index contributed by atoms with van der Waals surface area (Å²) in [7, 11) is 0. The number of carbonyl (C=O) groups excluding carboxylic acids is 1. The van der Waals surface area contributed by atoms with Crippen molar-refractivity contribution < 1.29 is 27.3 Å². The van der Waals surface area contributed by atoms with Gasteiger partial charge in [-0.3, -0.25) is 14.9 Å². The summed E-state index contributed by atoms with van der Waals surface area (Å²) in [5.41, 5.74) is -3.26. The standard InChI is InChI=1S/C14H9F4N3O3/c15-10-5-2-6-11(21(23)24)12(10)13(22)20(19)9-4-1-3-8(7-9)14(16,17)18/h1-7H,19H2. The molecule has 0 aliphatic carbocycles. The number of nitrogens with two attached hydrogens (primary N) is 1. The summed E-state index contributed by atoms with van der Waals surface area (Å²) >= 11 is 0. The highest BCUT2D eigenvalue weighted by Crippen LogP contribution is 2.32. The number of hydrazine groups is 1. The van der Waals surface area contributed by atoms with Gasteiger partial charge < -0.3 is 0 Å². The van der Waals surface area contributed by atoms with E-state index < -0.39 is 45.3 Å². The van der Waals surface area contributed by atoms with Crippen LogP contribution in [0.5, 0.6) is 0 Å². The summed E-state index contributed by atoms with van der Waals surface area (Å²) in [5, 5.41) is 11.1. The lowest BCUT2D eigenvalue weighted by Crippen LogP contribution is -2.38. The third kappa shape index (κ3) is 3.33. The molecule has 0 saturated heterocycles. The molecule has 0 atom stereocenters. The van der Waals surface area contributed by atoms with Crippen LogP contribution >= 0.6 is 0 Å². The molecule has 2 rings (SSSR count). The van der Waals surface area contributed by atoms with Crippen molar-refractivity contribution in [1.29, 1.82) is 0 Å². The highest BCUT2D eigenvalue weighted by atomic mass is 19.4. The second kappa shape index (κ2) is 6.24. The van der Waals surface area contributed by atoms with Crippen molar-refractivity contribution in [2.45, 2.75) is 6.18 Å². The Morgan fingerprint density at radius 3 is 2.38 bits per heavy atom. The fourth-order valence-electron chi connectivity index (χ4n) is 1.95. The lowest BCUT2D eigenvalue weighted by Gasteiger charge is -2.18. The van der Waals surface area contributed by atoms with Crippen LogP contribution in [-0.2, 0) is 6.18 Å². The van der Waals surface area contributed by atoms with E-state index >= 15 is 0 Å². The molecule has 0 saturated carbocycles. The van der Waals surface area contributed by atoms with Gasteiger partial charge in [0, 0.05) is 6.07 Å². The summed E-state index contributed by atoms with van der Waals surface area (Å²) in [6.45, 7) is 0. The maximum atomic E-state index is 13.8. The van der Waals surface area contributed by atoms with Crippen LogP contribution in [0.4, 0.5) is 28.9 Å². The number of hydrogen-bond donors (Lipinski definition) is 1. The average molecular weight is 343 g/mol. The van der Waals surface area contributed by atoms with Crippen molar-refractivity contribution >= 4 is 17.3 Å². The van der Waals surface area contributed by atoms with Gasteiger partial charge in [0.25, 0.3) is 11.6 Å². The molecule has 0 radical (unpaired) electrons. The quantitative estimate of drug-likeness (QED) is 0.304. The van der Waals surface area contributed by atoms with Gasteiger partial charge in [0.2, 0.25) is 0 Å². The number of halogens is 4. The zero-order valence-electron chi connectivity index (χ0n) is 11.7.